The number of nitrogens with two attached hydrogens (primary N) is 1. The summed E-state index contributed by atoms with van der Waals surface area (Å²) in [6.07, 6.45) is -0.318. The van der Waals surface area contributed by atoms with Crippen LogP contribution in [0.1, 0.15) is 17.2 Å². The molecule has 2 N–H and O–H groups in total. The molecule has 35 heavy (non-hydrogen) atoms. The molecular weight excluding hydrogens is 463 g/mol. The third-order valence-electron chi connectivity index (χ3n) is 5.95. The minimum absolute atomic E-state index is 0.126. The predicted molar refractivity (Wildman–Crippen MR) is 123 cm³/mol. The highest BCUT2D eigenvalue weighted by atomic mass is 19.4. The summed E-state index contributed by atoms with van der Waals surface area (Å²) >= 11 is 0. The van der Waals surface area contributed by atoms with Gasteiger partial charge in [-0.1, -0.05) is 6.07 Å². The van der Waals surface area contributed by atoms with E-state index in [4.69, 9.17) is 20.2 Å². The predicted octanol–water partition coefficient (Wildman–Crippen LogP) is 2.95. The summed E-state index contributed by atoms with van der Waals surface area (Å²) in [6.45, 7) is 3.48. The van der Waals surface area contributed by atoms with E-state index in [1.807, 2.05) is 21.9 Å². The van der Waals surface area contributed by atoms with E-state index in [2.05, 4.69) is 15.0 Å². The number of alkyl halides is 3. The first-order chi connectivity index (χ1) is 16.9. The van der Waals surface area contributed by atoms with Gasteiger partial charge in [0.15, 0.2) is 0 Å². The maximum Gasteiger partial charge on any atom is 0.417 e. The molecule has 2 fully saturated rings. The quantitative estimate of drug-likeness (QED) is 0.595. The average molecular weight is 487 g/mol. The van der Waals surface area contributed by atoms with Crippen LogP contribution < -0.4 is 15.5 Å². The minimum Gasteiger partial charge on any atom is -0.384 e. The maximum absolute atomic E-state index is 13.9. The van der Waals surface area contributed by atoms with Crippen LogP contribution in [-0.4, -0.2) is 65.9 Å². The average Bonchev–Trinajstić information content (AvgIpc) is 2.89. The van der Waals surface area contributed by atoms with Crippen LogP contribution in [-0.2, 0) is 15.7 Å². The second-order valence-electron chi connectivity index (χ2n) is 8.26. The number of aromatic nitrogens is 4. The molecule has 0 spiro atoms. The molecule has 5 heterocycles. The molecule has 1 unspecified atom stereocenters. The van der Waals surface area contributed by atoms with Gasteiger partial charge in [0.25, 0.3) is 0 Å². The monoisotopic (exact) mass is 487 g/mol. The van der Waals surface area contributed by atoms with E-state index < -0.39 is 11.7 Å². The molecule has 1 atom stereocenters. The molecule has 12 heteroatoms. The van der Waals surface area contributed by atoms with Gasteiger partial charge in [-0.2, -0.15) is 18.2 Å². The second-order valence-corrected chi connectivity index (χ2v) is 8.26. The molecule has 184 valence electrons. The molecule has 0 amide bonds. The van der Waals surface area contributed by atoms with E-state index in [1.54, 1.807) is 18.5 Å². The van der Waals surface area contributed by atoms with Crippen molar-refractivity contribution in [2.75, 3.05) is 61.5 Å². The second kappa shape index (κ2) is 9.62. The number of morpholine rings is 2. The summed E-state index contributed by atoms with van der Waals surface area (Å²) in [5, 5.41) is 0. The van der Waals surface area contributed by atoms with Gasteiger partial charge in [0.05, 0.1) is 31.1 Å². The Morgan fingerprint density at radius 3 is 2.54 bits per heavy atom. The molecule has 2 aliphatic rings. The summed E-state index contributed by atoms with van der Waals surface area (Å²) in [6, 6.07) is 6.17. The van der Waals surface area contributed by atoms with Gasteiger partial charge in [-0.15, -0.1) is 0 Å². The summed E-state index contributed by atoms with van der Waals surface area (Å²) < 4.78 is 53.0. The van der Waals surface area contributed by atoms with Gasteiger partial charge in [-0.05, 0) is 12.1 Å². The van der Waals surface area contributed by atoms with Gasteiger partial charge in [0, 0.05) is 62.0 Å². The maximum atomic E-state index is 13.9. The first kappa shape index (κ1) is 23.2. The molecule has 3 aromatic heterocycles. The lowest BCUT2D eigenvalue weighted by molar-refractivity contribution is -0.137. The van der Waals surface area contributed by atoms with Crippen molar-refractivity contribution >= 4 is 17.6 Å². The van der Waals surface area contributed by atoms with Gasteiger partial charge in [-0.25, -0.2) is 9.97 Å². The van der Waals surface area contributed by atoms with E-state index in [-0.39, 0.29) is 23.2 Å². The Bertz CT molecular complexity index is 1170. The van der Waals surface area contributed by atoms with E-state index in [1.165, 1.54) is 0 Å². The fourth-order valence-corrected chi connectivity index (χ4v) is 4.16. The lowest BCUT2D eigenvalue weighted by Gasteiger charge is -2.35. The Labute approximate surface area is 199 Å². The lowest BCUT2D eigenvalue weighted by Crippen LogP contribution is -2.40. The van der Waals surface area contributed by atoms with Crippen LogP contribution >= 0.6 is 0 Å². The molecule has 0 aliphatic carbocycles. The number of pyridine rings is 2. The normalized spacial score (nSPS) is 19.1. The number of hydrogen-bond donors (Lipinski definition) is 1. The van der Waals surface area contributed by atoms with Crippen molar-refractivity contribution in [2.24, 2.45) is 0 Å². The molecule has 9 nitrogen and oxygen atoms in total. The smallest absolute Gasteiger partial charge is 0.384 e. The third kappa shape index (κ3) is 5.13. The number of ether oxygens (including phenoxy) is 2. The lowest BCUT2D eigenvalue weighted by atomic mass is 10.1. The van der Waals surface area contributed by atoms with Crippen molar-refractivity contribution in [2.45, 2.75) is 12.3 Å². The zero-order chi connectivity index (χ0) is 24.4. The molecule has 0 aromatic carbocycles. The molecular formula is C23H24F3N7O2. The van der Waals surface area contributed by atoms with Gasteiger partial charge < -0.3 is 25.0 Å². The van der Waals surface area contributed by atoms with Crippen LogP contribution in [0.4, 0.5) is 30.8 Å². The number of nitrogen functional groups attached to an aromatic ring is 1. The van der Waals surface area contributed by atoms with E-state index in [9.17, 15) is 13.2 Å². The highest BCUT2D eigenvalue weighted by Gasteiger charge is 2.35. The zero-order valence-electron chi connectivity index (χ0n) is 18.8. The number of halogens is 3. The molecule has 0 radical (unpaired) electrons. The van der Waals surface area contributed by atoms with Crippen LogP contribution in [0.15, 0.2) is 42.9 Å². The fourth-order valence-electron chi connectivity index (χ4n) is 4.16. The first-order valence-corrected chi connectivity index (χ1v) is 11.2. The fraction of sp³-hybridized carbons (Fsp3) is 0.391. The Morgan fingerprint density at radius 1 is 1.00 bits per heavy atom. The van der Waals surface area contributed by atoms with E-state index in [0.717, 1.165) is 17.8 Å². The number of nitrogens with zero attached hydrogens (tertiary/aromatic N) is 6. The van der Waals surface area contributed by atoms with Crippen molar-refractivity contribution in [3.63, 3.8) is 0 Å². The number of anilines is 3. The van der Waals surface area contributed by atoms with E-state index in [0.29, 0.717) is 57.8 Å². The Morgan fingerprint density at radius 2 is 1.80 bits per heavy atom. The highest BCUT2D eigenvalue weighted by molar-refractivity contribution is 5.69. The standard InChI is InChI=1S/C23H24F3N7O2/c24-23(25,26)17-10-20(27)29-13-16(17)18-11-21(31-22(30-18)32-4-7-34-8-5-32)33-6-9-35-19(14-33)15-2-1-3-28-12-15/h1-3,10-13,19H,4-9,14H2,(H2,27,29). The van der Waals surface area contributed by atoms with Crippen molar-refractivity contribution < 1.29 is 22.6 Å². The molecule has 3 aromatic rings. The Hall–Kier alpha value is -3.51. The van der Waals surface area contributed by atoms with Crippen molar-refractivity contribution in [1.29, 1.82) is 0 Å². The van der Waals surface area contributed by atoms with Crippen molar-refractivity contribution in [3.8, 4) is 11.3 Å². The molecule has 2 saturated heterocycles. The SMILES string of the molecule is Nc1cc(C(F)(F)F)c(-c2cc(N3CCOC(c4cccnc4)C3)nc(N3CCOCC3)n2)cn1. The van der Waals surface area contributed by atoms with Gasteiger partial charge >= 0.3 is 6.18 Å². The van der Waals surface area contributed by atoms with Crippen molar-refractivity contribution in [3.05, 3.63) is 54.0 Å². The van der Waals surface area contributed by atoms with Crippen LogP contribution in [0.2, 0.25) is 0 Å². The van der Waals surface area contributed by atoms with Gasteiger partial charge in [-0.3, -0.25) is 4.98 Å². The number of rotatable bonds is 4. The molecule has 5 rings (SSSR count). The van der Waals surface area contributed by atoms with Crippen LogP contribution in [0, 0.1) is 0 Å². The molecule has 0 bridgehead atoms. The summed E-state index contributed by atoms with van der Waals surface area (Å²) in [4.78, 5) is 21.2. The van der Waals surface area contributed by atoms with E-state index >= 15 is 0 Å². The summed E-state index contributed by atoms with van der Waals surface area (Å²) in [5.41, 5.74) is 5.58. The minimum atomic E-state index is -4.62. The van der Waals surface area contributed by atoms with Crippen LogP contribution in [0.5, 0.6) is 0 Å². The zero-order valence-corrected chi connectivity index (χ0v) is 18.8. The summed E-state index contributed by atoms with van der Waals surface area (Å²) in [5.74, 6) is 0.644. The Kier molecular flexibility index (Phi) is 6.39. The van der Waals surface area contributed by atoms with Crippen LogP contribution in [0.3, 0.4) is 0 Å². The summed E-state index contributed by atoms with van der Waals surface area (Å²) in [7, 11) is 0. The molecule has 2 aliphatic heterocycles. The van der Waals surface area contributed by atoms with Crippen LogP contribution in [0.25, 0.3) is 11.3 Å². The largest absolute Gasteiger partial charge is 0.417 e. The van der Waals surface area contributed by atoms with Gasteiger partial charge in [0.2, 0.25) is 5.95 Å². The molecule has 0 saturated carbocycles. The topological polar surface area (TPSA) is 103 Å². The van der Waals surface area contributed by atoms with Gasteiger partial charge in [0.1, 0.15) is 17.7 Å². The number of hydrogen-bond acceptors (Lipinski definition) is 9. The third-order valence-corrected chi connectivity index (χ3v) is 5.95. The first-order valence-electron chi connectivity index (χ1n) is 11.2. The Balaban J connectivity index is 1.56. The highest BCUT2D eigenvalue weighted by Crippen LogP contribution is 2.38. The van der Waals surface area contributed by atoms with Crippen molar-refractivity contribution in [1.82, 2.24) is 19.9 Å².